The van der Waals surface area contributed by atoms with Crippen LogP contribution in [0, 0.1) is 6.92 Å². The lowest BCUT2D eigenvalue weighted by Gasteiger charge is -2.25. The first-order chi connectivity index (χ1) is 8.18. The summed E-state index contributed by atoms with van der Waals surface area (Å²) in [5.74, 6) is 0.492. The summed E-state index contributed by atoms with van der Waals surface area (Å²) in [6.07, 6.45) is 7.11. The number of aryl methyl sites for hydroxylation is 1. The standard InChI is InChI=1S/C15H21NO/c1-10-12-5-3-2-4-11(12)8-13(17)14(10)15(9-16)6-7-15/h8,17H,2-7,9,16H2,1H3. The molecule has 1 fully saturated rings. The molecule has 2 nitrogen and oxygen atoms in total. The van der Waals surface area contributed by atoms with Crippen LogP contribution < -0.4 is 5.73 Å². The summed E-state index contributed by atoms with van der Waals surface area (Å²) in [5, 5.41) is 10.3. The van der Waals surface area contributed by atoms with E-state index in [1.807, 2.05) is 6.07 Å². The van der Waals surface area contributed by atoms with Crippen LogP contribution in [0.3, 0.4) is 0 Å². The Morgan fingerprint density at radius 1 is 1.29 bits per heavy atom. The molecule has 3 N–H and O–H groups in total. The second-order valence-electron chi connectivity index (χ2n) is 5.72. The molecule has 17 heavy (non-hydrogen) atoms. The van der Waals surface area contributed by atoms with Crippen LogP contribution in [-0.2, 0) is 18.3 Å². The van der Waals surface area contributed by atoms with Crippen LogP contribution in [0.1, 0.15) is 47.9 Å². The molecular formula is C15H21NO. The van der Waals surface area contributed by atoms with Gasteiger partial charge >= 0.3 is 0 Å². The topological polar surface area (TPSA) is 46.2 Å². The molecule has 0 aromatic heterocycles. The molecule has 0 saturated heterocycles. The highest BCUT2D eigenvalue weighted by Crippen LogP contribution is 2.52. The zero-order valence-electron chi connectivity index (χ0n) is 10.6. The highest BCUT2D eigenvalue weighted by molar-refractivity contribution is 5.55. The smallest absolute Gasteiger partial charge is 0.119 e. The van der Waals surface area contributed by atoms with Crippen LogP contribution in [0.4, 0.5) is 0 Å². The fraction of sp³-hybridized carbons (Fsp3) is 0.600. The van der Waals surface area contributed by atoms with Gasteiger partial charge in [0.15, 0.2) is 0 Å². The van der Waals surface area contributed by atoms with Crippen LogP contribution in [0.15, 0.2) is 6.07 Å². The summed E-state index contributed by atoms with van der Waals surface area (Å²) in [7, 11) is 0. The second-order valence-corrected chi connectivity index (χ2v) is 5.72. The van der Waals surface area contributed by atoms with Crippen molar-refractivity contribution in [2.75, 3.05) is 6.54 Å². The Balaban J connectivity index is 2.16. The maximum Gasteiger partial charge on any atom is 0.119 e. The van der Waals surface area contributed by atoms with Crippen molar-refractivity contribution in [1.29, 1.82) is 0 Å². The van der Waals surface area contributed by atoms with Gasteiger partial charge in [-0.05, 0) is 68.2 Å². The summed E-state index contributed by atoms with van der Waals surface area (Å²) in [6, 6.07) is 2.01. The fourth-order valence-corrected chi connectivity index (χ4v) is 3.47. The Labute approximate surface area is 103 Å². The fourth-order valence-electron chi connectivity index (χ4n) is 3.47. The van der Waals surface area contributed by atoms with Gasteiger partial charge in [-0.3, -0.25) is 0 Å². The largest absolute Gasteiger partial charge is 0.508 e. The van der Waals surface area contributed by atoms with E-state index >= 15 is 0 Å². The minimum absolute atomic E-state index is 0.0979. The van der Waals surface area contributed by atoms with E-state index < -0.39 is 0 Å². The lowest BCUT2D eigenvalue weighted by Crippen LogP contribution is -2.22. The molecule has 0 unspecified atom stereocenters. The third-order valence-electron chi connectivity index (χ3n) is 4.68. The quantitative estimate of drug-likeness (QED) is 0.821. The Kier molecular flexibility index (Phi) is 2.44. The number of nitrogens with two attached hydrogens (primary N) is 1. The molecule has 3 rings (SSSR count). The van der Waals surface area contributed by atoms with Crippen molar-refractivity contribution < 1.29 is 5.11 Å². The highest BCUT2D eigenvalue weighted by atomic mass is 16.3. The first kappa shape index (κ1) is 11.1. The van der Waals surface area contributed by atoms with Crippen LogP contribution >= 0.6 is 0 Å². The van der Waals surface area contributed by atoms with Crippen molar-refractivity contribution >= 4 is 0 Å². The predicted octanol–water partition coefficient (Wildman–Crippen LogP) is 2.57. The van der Waals surface area contributed by atoms with Gasteiger partial charge < -0.3 is 10.8 Å². The molecule has 92 valence electrons. The van der Waals surface area contributed by atoms with E-state index in [9.17, 15) is 5.11 Å². The second kappa shape index (κ2) is 3.74. The molecule has 0 spiro atoms. The van der Waals surface area contributed by atoms with E-state index in [1.54, 1.807) is 0 Å². The molecule has 2 aliphatic carbocycles. The van der Waals surface area contributed by atoms with Crippen molar-refractivity contribution in [3.8, 4) is 5.75 Å². The molecule has 2 aliphatic rings. The zero-order chi connectivity index (χ0) is 12.0. The number of aromatic hydroxyl groups is 1. The number of hydrogen-bond acceptors (Lipinski definition) is 2. The first-order valence-corrected chi connectivity index (χ1v) is 6.73. The van der Waals surface area contributed by atoms with E-state index in [4.69, 9.17) is 5.73 Å². The van der Waals surface area contributed by atoms with Crippen molar-refractivity contribution in [3.05, 3.63) is 28.3 Å². The SMILES string of the molecule is Cc1c2c(cc(O)c1C1(CN)CC1)CCCC2. The maximum atomic E-state index is 10.3. The lowest BCUT2D eigenvalue weighted by atomic mass is 9.81. The van der Waals surface area contributed by atoms with Crippen LogP contribution in [-0.4, -0.2) is 11.7 Å². The van der Waals surface area contributed by atoms with Crippen molar-refractivity contribution in [1.82, 2.24) is 0 Å². The van der Waals surface area contributed by atoms with E-state index in [0.29, 0.717) is 12.3 Å². The van der Waals surface area contributed by atoms with Gasteiger partial charge in [-0.25, -0.2) is 0 Å². The third kappa shape index (κ3) is 1.58. The number of hydrogen-bond donors (Lipinski definition) is 2. The summed E-state index contributed by atoms with van der Waals surface area (Å²) in [6.45, 7) is 2.84. The van der Waals surface area contributed by atoms with Crippen LogP contribution in [0.5, 0.6) is 5.75 Å². The molecule has 2 heteroatoms. The minimum atomic E-state index is 0.0979. The number of fused-ring (bicyclic) bond motifs is 1. The molecule has 0 radical (unpaired) electrons. The van der Waals surface area contributed by atoms with Gasteiger partial charge in [-0.15, -0.1) is 0 Å². The monoisotopic (exact) mass is 231 g/mol. The van der Waals surface area contributed by atoms with Crippen LogP contribution in [0.25, 0.3) is 0 Å². The molecule has 1 aromatic rings. The minimum Gasteiger partial charge on any atom is -0.508 e. The van der Waals surface area contributed by atoms with E-state index in [1.165, 1.54) is 36.0 Å². The van der Waals surface area contributed by atoms with Gasteiger partial charge in [-0.1, -0.05) is 0 Å². The third-order valence-corrected chi connectivity index (χ3v) is 4.68. The normalized spacial score (nSPS) is 21.1. The Morgan fingerprint density at radius 3 is 2.65 bits per heavy atom. The molecule has 0 aliphatic heterocycles. The maximum absolute atomic E-state index is 10.3. The molecule has 1 saturated carbocycles. The molecule has 0 amide bonds. The first-order valence-electron chi connectivity index (χ1n) is 6.73. The average molecular weight is 231 g/mol. The Morgan fingerprint density at radius 2 is 2.00 bits per heavy atom. The summed E-state index contributed by atoms with van der Waals surface area (Å²) >= 11 is 0. The molecule has 0 atom stereocenters. The number of rotatable bonds is 2. The van der Waals surface area contributed by atoms with E-state index in [0.717, 1.165) is 24.8 Å². The van der Waals surface area contributed by atoms with Crippen molar-refractivity contribution in [3.63, 3.8) is 0 Å². The van der Waals surface area contributed by atoms with Gasteiger partial charge in [-0.2, -0.15) is 0 Å². The number of phenolic OH excluding ortho intramolecular Hbond substituents is 1. The van der Waals surface area contributed by atoms with Crippen molar-refractivity contribution in [2.45, 2.75) is 50.9 Å². The molecule has 0 bridgehead atoms. The Bertz CT molecular complexity index is 460. The van der Waals surface area contributed by atoms with Gasteiger partial charge in [0, 0.05) is 17.5 Å². The molecule has 1 aromatic carbocycles. The number of benzene rings is 1. The summed E-state index contributed by atoms with van der Waals surface area (Å²) < 4.78 is 0. The summed E-state index contributed by atoms with van der Waals surface area (Å²) in [5.41, 5.74) is 11.3. The predicted molar refractivity (Wildman–Crippen MR) is 69.5 cm³/mol. The van der Waals surface area contributed by atoms with E-state index in [2.05, 4.69) is 6.92 Å². The number of phenols is 1. The summed E-state index contributed by atoms with van der Waals surface area (Å²) in [4.78, 5) is 0. The van der Waals surface area contributed by atoms with Crippen LogP contribution in [0.2, 0.25) is 0 Å². The lowest BCUT2D eigenvalue weighted by molar-refractivity contribution is 0.455. The zero-order valence-corrected chi connectivity index (χ0v) is 10.6. The van der Waals surface area contributed by atoms with Gasteiger partial charge in [0.25, 0.3) is 0 Å². The molecular weight excluding hydrogens is 210 g/mol. The van der Waals surface area contributed by atoms with Gasteiger partial charge in [0.1, 0.15) is 5.75 Å². The van der Waals surface area contributed by atoms with Gasteiger partial charge in [0.05, 0.1) is 0 Å². The van der Waals surface area contributed by atoms with Gasteiger partial charge in [0.2, 0.25) is 0 Å². The van der Waals surface area contributed by atoms with E-state index in [-0.39, 0.29) is 5.41 Å². The molecule has 0 heterocycles. The average Bonchev–Trinajstić information content (AvgIpc) is 3.10. The van der Waals surface area contributed by atoms with Crippen molar-refractivity contribution in [2.24, 2.45) is 5.73 Å². The Hall–Kier alpha value is -1.02. The highest BCUT2D eigenvalue weighted by Gasteiger charge is 2.46.